The molecule has 0 bridgehead atoms. The molecule has 0 heterocycles. The fourth-order valence-electron chi connectivity index (χ4n) is 10.4. The Morgan fingerprint density at radius 1 is 0.257 bits per heavy atom. The summed E-state index contributed by atoms with van der Waals surface area (Å²) >= 11 is 0. The van der Waals surface area contributed by atoms with E-state index in [1.165, 1.54) is 110 Å². The van der Waals surface area contributed by atoms with Gasteiger partial charge in [0, 0.05) is 0 Å². The van der Waals surface area contributed by atoms with Gasteiger partial charge in [0.15, 0.2) is 0 Å². The molecule has 0 saturated carbocycles. The highest BCUT2D eigenvalue weighted by molar-refractivity contribution is 6.23. The Balaban J connectivity index is 1.11. The summed E-state index contributed by atoms with van der Waals surface area (Å²) in [6, 6.07) is 91.8. The average Bonchev–Trinajstić information content (AvgIpc) is 3.43. The van der Waals surface area contributed by atoms with Gasteiger partial charge in [0.25, 0.3) is 0 Å². The van der Waals surface area contributed by atoms with Crippen molar-refractivity contribution in [2.45, 2.75) is 0 Å². The quantitative estimate of drug-likeness (QED) is 0.0948. The predicted molar refractivity (Wildman–Crippen MR) is 303 cm³/mol. The SMILES string of the molecule is C=C/C=C(\C=C)c1ccc(-c2ccc3c(-c4cccc(-c5ccc6ccccc6c5)c4)c4cc(-c5ccc(-c6ccccc6)cc5)ccc4c(-c4cccc(-c5ccc6ccccc6c5)c4)c3c2)cc1. The molecule has 0 aliphatic carbocycles. The topological polar surface area (TPSA) is 0 Å². The summed E-state index contributed by atoms with van der Waals surface area (Å²) in [5, 5.41) is 9.77. The van der Waals surface area contributed by atoms with E-state index >= 15 is 0 Å². The Morgan fingerprint density at radius 3 is 1.10 bits per heavy atom. The number of benzene rings is 12. The van der Waals surface area contributed by atoms with Crippen molar-refractivity contribution in [2.75, 3.05) is 0 Å². The normalized spacial score (nSPS) is 11.6. The van der Waals surface area contributed by atoms with Crippen LogP contribution < -0.4 is 0 Å². The highest BCUT2D eigenvalue weighted by Gasteiger charge is 2.20. The van der Waals surface area contributed by atoms with E-state index in [9.17, 15) is 0 Å². The molecule has 0 atom stereocenters. The summed E-state index contributed by atoms with van der Waals surface area (Å²) < 4.78 is 0. The van der Waals surface area contributed by atoms with Crippen LogP contribution in [0.2, 0.25) is 0 Å². The third-order valence-corrected chi connectivity index (χ3v) is 14.0. The first kappa shape index (κ1) is 42.3. The Bertz CT molecular complexity index is 4000. The zero-order chi connectivity index (χ0) is 47.0. The fourth-order valence-corrected chi connectivity index (χ4v) is 10.4. The zero-order valence-electron chi connectivity index (χ0n) is 38.8. The molecule has 0 spiro atoms. The molecular formula is C70H48. The average molecular weight is 889 g/mol. The third kappa shape index (κ3) is 7.92. The van der Waals surface area contributed by atoms with E-state index in [0.717, 1.165) is 22.3 Å². The third-order valence-electron chi connectivity index (χ3n) is 14.0. The lowest BCUT2D eigenvalue weighted by Gasteiger charge is -2.20. The van der Waals surface area contributed by atoms with Gasteiger partial charge in [0.2, 0.25) is 0 Å². The van der Waals surface area contributed by atoms with Crippen molar-refractivity contribution in [3.63, 3.8) is 0 Å². The van der Waals surface area contributed by atoms with Gasteiger partial charge < -0.3 is 0 Å². The van der Waals surface area contributed by atoms with E-state index in [4.69, 9.17) is 0 Å². The van der Waals surface area contributed by atoms with E-state index in [1.807, 2.05) is 18.2 Å². The van der Waals surface area contributed by atoms with Crippen LogP contribution in [0.25, 0.3) is 127 Å². The summed E-state index contributed by atoms with van der Waals surface area (Å²) in [6.07, 6.45) is 5.70. The zero-order valence-corrected chi connectivity index (χ0v) is 38.8. The number of allylic oxidation sites excluding steroid dienone is 4. The van der Waals surface area contributed by atoms with Crippen molar-refractivity contribution < 1.29 is 0 Å². The van der Waals surface area contributed by atoms with E-state index in [2.05, 4.69) is 262 Å². The van der Waals surface area contributed by atoms with Gasteiger partial charge in [-0.15, -0.1) is 0 Å². The van der Waals surface area contributed by atoms with Crippen LogP contribution in [0.3, 0.4) is 0 Å². The molecule has 0 N–H and O–H groups in total. The van der Waals surface area contributed by atoms with Crippen molar-refractivity contribution >= 4 is 48.7 Å². The van der Waals surface area contributed by atoms with Crippen LogP contribution in [0.15, 0.2) is 280 Å². The lowest BCUT2D eigenvalue weighted by Crippen LogP contribution is -1.93. The minimum absolute atomic E-state index is 1.04. The van der Waals surface area contributed by atoms with E-state index < -0.39 is 0 Å². The van der Waals surface area contributed by atoms with E-state index in [1.54, 1.807) is 0 Å². The van der Waals surface area contributed by atoms with Crippen LogP contribution >= 0.6 is 0 Å². The molecule has 0 unspecified atom stereocenters. The number of fused-ring (bicyclic) bond motifs is 4. The van der Waals surface area contributed by atoms with E-state index in [-0.39, 0.29) is 0 Å². The molecule has 0 nitrogen and oxygen atoms in total. The standard InChI is InChI=1S/C70H48/c1-3-14-47(4-2)51-25-29-53(30-26-51)61-37-39-65-67(45-61)69(63-23-12-21-57(43-63)59-35-33-49-17-8-10-19-55(49)41-59)66-40-38-62(54-31-27-52(28-32-54)48-15-6-5-7-16-48)46-68(66)70(65)64-24-13-22-58(44-64)60-36-34-50-18-9-11-20-56(50)42-60/h3-46H,1-2H2/b47-14+. The molecule has 0 amide bonds. The number of rotatable bonds is 10. The van der Waals surface area contributed by atoms with Crippen LogP contribution in [-0.4, -0.2) is 0 Å². The van der Waals surface area contributed by atoms with Crippen molar-refractivity contribution in [2.24, 2.45) is 0 Å². The first-order valence-electron chi connectivity index (χ1n) is 24.0. The first-order valence-corrected chi connectivity index (χ1v) is 24.0. The van der Waals surface area contributed by atoms with Crippen molar-refractivity contribution in [1.82, 2.24) is 0 Å². The number of hydrogen-bond donors (Lipinski definition) is 0. The molecule has 70 heavy (non-hydrogen) atoms. The maximum absolute atomic E-state index is 4.06. The molecule has 0 aromatic heterocycles. The van der Waals surface area contributed by atoms with Gasteiger partial charge in [-0.25, -0.2) is 0 Å². The monoisotopic (exact) mass is 888 g/mol. The van der Waals surface area contributed by atoms with Gasteiger partial charge in [-0.3, -0.25) is 0 Å². The minimum Gasteiger partial charge on any atom is -0.0990 e. The van der Waals surface area contributed by atoms with Gasteiger partial charge in [-0.05, 0) is 169 Å². The van der Waals surface area contributed by atoms with E-state index in [0.29, 0.717) is 0 Å². The molecule has 0 radical (unpaired) electrons. The summed E-state index contributed by atoms with van der Waals surface area (Å²) in [5.41, 5.74) is 18.8. The van der Waals surface area contributed by atoms with Gasteiger partial charge in [-0.2, -0.15) is 0 Å². The molecule has 0 saturated heterocycles. The summed E-state index contributed by atoms with van der Waals surface area (Å²) in [4.78, 5) is 0. The Hall–Kier alpha value is -9.10. The highest BCUT2D eigenvalue weighted by atomic mass is 14.2. The maximum Gasteiger partial charge on any atom is -0.00259 e. The predicted octanol–water partition coefficient (Wildman–Crippen LogP) is 19.7. The van der Waals surface area contributed by atoms with Gasteiger partial charge in [0.1, 0.15) is 0 Å². The Kier molecular flexibility index (Phi) is 11.0. The van der Waals surface area contributed by atoms with Crippen molar-refractivity contribution in [1.29, 1.82) is 0 Å². The molecule has 0 fully saturated rings. The van der Waals surface area contributed by atoms with Crippen LogP contribution in [0.4, 0.5) is 0 Å². The van der Waals surface area contributed by atoms with Gasteiger partial charge >= 0.3 is 0 Å². The Labute approximate surface area is 410 Å². The van der Waals surface area contributed by atoms with Crippen LogP contribution in [-0.2, 0) is 0 Å². The summed E-state index contributed by atoms with van der Waals surface area (Å²) in [7, 11) is 0. The van der Waals surface area contributed by atoms with Gasteiger partial charge in [0.05, 0.1) is 0 Å². The highest BCUT2D eigenvalue weighted by Crippen LogP contribution is 2.47. The lowest BCUT2D eigenvalue weighted by atomic mass is 9.83. The van der Waals surface area contributed by atoms with Crippen LogP contribution in [0.5, 0.6) is 0 Å². The molecule has 0 aliphatic rings. The maximum atomic E-state index is 4.06. The summed E-state index contributed by atoms with van der Waals surface area (Å²) in [5.74, 6) is 0. The second-order valence-electron chi connectivity index (χ2n) is 18.1. The lowest BCUT2D eigenvalue weighted by molar-refractivity contribution is 1.58. The second kappa shape index (κ2) is 18.2. The fraction of sp³-hybridized carbons (Fsp3) is 0. The second-order valence-corrected chi connectivity index (χ2v) is 18.1. The molecule has 0 heteroatoms. The molecule has 12 aromatic carbocycles. The molecule has 0 aliphatic heterocycles. The molecular weight excluding hydrogens is 841 g/mol. The number of hydrogen-bond acceptors (Lipinski definition) is 0. The van der Waals surface area contributed by atoms with Crippen molar-refractivity contribution in [3.8, 4) is 77.9 Å². The van der Waals surface area contributed by atoms with Gasteiger partial charge in [-0.1, -0.05) is 244 Å². The smallest absolute Gasteiger partial charge is 0.00259 e. The van der Waals surface area contributed by atoms with Crippen LogP contribution in [0.1, 0.15) is 5.56 Å². The van der Waals surface area contributed by atoms with Crippen molar-refractivity contribution in [3.05, 3.63) is 286 Å². The molecule has 12 rings (SSSR count). The first-order chi connectivity index (χ1) is 34.6. The molecule has 328 valence electrons. The molecule has 12 aromatic rings. The minimum atomic E-state index is 1.04. The summed E-state index contributed by atoms with van der Waals surface area (Å²) in [6.45, 7) is 7.99. The largest absolute Gasteiger partial charge is 0.0990 e. The Morgan fingerprint density at radius 2 is 0.614 bits per heavy atom. The van der Waals surface area contributed by atoms with Crippen LogP contribution in [0, 0.1) is 0 Å².